The van der Waals surface area contributed by atoms with Gasteiger partial charge in [-0.05, 0) is 79.1 Å². The number of sulfonamides is 1. The summed E-state index contributed by atoms with van der Waals surface area (Å²) in [5.41, 5.74) is 1.54. The lowest BCUT2D eigenvalue weighted by Crippen LogP contribution is -2.54. The fourth-order valence-electron chi connectivity index (χ4n) is 4.82. The molecule has 11 heteroatoms. The molecule has 0 saturated carbocycles. The van der Waals surface area contributed by atoms with Crippen LogP contribution in [0.1, 0.15) is 31.4 Å². The predicted octanol–water partition coefficient (Wildman–Crippen LogP) is 6.24. The Morgan fingerprint density at radius 3 is 2.20 bits per heavy atom. The first kappa shape index (κ1) is 34.5. The van der Waals surface area contributed by atoms with Crippen molar-refractivity contribution in [2.75, 3.05) is 18.0 Å². The molecular formula is C35H37ClFN3O5S. The predicted molar refractivity (Wildman–Crippen MR) is 178 cm³/mol. The van der Waals surface area contributed by atoms with Crippen LogP contribution >= 0.6 is 11.6 Å². The second-order valence-corrected chi connectivity index (χ2v) is 13.1. The molecule has 2 atom stereocenters. The third-order valence-electron chi connectivity index (χ3n) is 7.56. The van der Waals surface area contributed by atoms with Crippen LogP contribution in [-0.4, -0.2) is 50.9 Å². The summed E-state index contributed by atoms with van der Waals surface area (Å²) in [7, 11) is -2.84. The third-order valence-corrected chi connectivity index (χ3v) is 9.58. The van der Waals surface area contributed by atoms with E-state index in [1.54, 1.807) is 18.2 Å². The minimum atomic E-state index is -4.31. The number of halogens is 2. The molecule has 0 aliphatic carbocycles. The van der Waals surface area contributed by atoms with E-state index in [2.05, 4.69) is 5.32 Å². The van der Waals surface area contributed by atoms with Crippen molar-refractivity contribution in [2.45, 2.75) is 50.2 Å². The summed E-state index contributed by atoms with van der Waals surface area (Å²) in [6.45, 7) is 3.09. The Hall–Kier alpha value is -4.41. The maximum absolute atomic E-state index is 14.5. The SMILES string of the molecule is CC[C@@H](C)NC(=O)[C@@H](Cc1ccccc1)N(Cc1ccc(F)cc1)C(=O)CN(c1cccc(Cl)c1)S(=O)(=O)c1ccc(OC)cc1. The average molecular weight is 666 g/mol. The second-order valence-electron chi connectivity index (χ2n) is 10.8. The van der Waals surface area contributed by atoms with Gasteiger partial charge < -0.3 is 15.0 Å². The maximum Gasteiger partial charge on any atom is 0.264 e. The molecule has 1 N–H and O–H groups in total. The molecule has 0 radical (unpaired) electrons. The van der Waals surface area contributed by atoms with Crippen LogP contribution in [0.5, 0.6) is 5.75 Å². The third kappa shape index (κ3) is 8.86. The number of nitrogens with one attached hydrogen (secondary N) is 1. The summed E-state index contributed by atoms with van der Waals surface area (Å²) in [4.78, 5) is 29.6. The summed E-state index contributed by atoms with van der Waals surface area (Å²) in [5.74, 6) is -1.01. The van der Waals surface area contributed by atoms with E-state index in [9.17, 15) is 22.4 Å². The Bertz CT molecular complexity index is 1720. The van der Waals surface area contributed by atoms with Crippen LogP contribution in [0.15, 0.2) is 108 Å². The quantitative estimate of drug-likeness (QED) is 0.172. The second kappa shape index (κ2) is 15.7. The van der Waals surface area contributed by atoms with Crippen molar-refractivity contribution in [1.29, 1.82) is 0 Å². The smallest absolute Gasteiger partial charge is 0.264 e. The van der Waals surface area contributed by atoms with E-state index in [-0.39, 0.29) is 40.5 Å². The van der Waals surface area contributed by atoms with E-state index in [1.807, 2.05) is 44.2 Å². The molecule has 4 aromatic rings. The molecule has 0 aromatic heterocycles. The Balaban J connectivity index is 1.80. The van der Waals surface area contributed by atoms with Crippen molar-refractivity contribution in [3.8, 4) is 5.75 Å². The van der Waals surface area contributed by atoms with Crippen LogP contribution in [0.25, 0.3) is 0 Å². The zero-order valence-corrected chi connectivity index (χ0v) is 27.5. The average Bonchev–Trinajstić information content (AvgIpc) is 3.06. The van der Waals surface area contributed by atoms with Gasteiger partial charge in [-0.15, -0.1) is 0 Å². The van der Waals surface area contributed by atoms with Crippen molar-refractivity contribution in [3.05, 3.63) is 125 Å². The topological polar surface area (TPSA) is 96.0 Å². The summed E-state index contributed by atoms with van der Waals surface area (Å²) in [5, 5.41) is 3.26. The first-order valence-electron chi connectivity index (χ1n) is 14.8. The van der Waals surface area contributed by atoms with Crippen molar-refractivity contribution in [2.24, 2.45) is 0 Å². The number of carbonyl (C=O) groups excluding carboxylic acids is 2. The van der Waals surface area contributed by atoms with Crippen LogP contribution in [0.3, 0.4) is 0 Å². The lowest BCUT2D eigenvalue weighted by Gasteiger charge is -2.34. The van der Waals surface area contributed by atoms with Gasteiger partial charge in [-0.25, -0.2) is 12.8 Å². The summed E-state index contributed by atoms with van der Waals surface area (Å²) >= 11 is 6.27. The summed E-state index contributed by atoms with van der Waals surface area (Å²) < 4.78 is 48.3. The van der Waals surface area contributed by atoms with Gasteiger partial charge >= 0.3 is 0 Å². The van der Waals surface area contributed by atoms with Gasteiger partial charge in [0.25, 0.3) is 10.0 Å². The minimum absolute atomic E-state index is 0.0680. The summed E-state index contributed by atoms with van der Waals surface area (Å²) in [6.07, 6.45) is 0.830. The Labute approximate surface area is 274 Å². The fourth-order valence-corrected chi connectivity index (χ4v) is 6.41. The highest BCUT2D eigenvalue weighted by Crippen LogP contribution is 2.28. The minimum Gasteiger partial charge on any atom is -0.497 e. The molecule has 0 bridgehead atoms. The zero-order valence-electron chi connectivity index (χ0n) is 25.9. The number of hydrogen-bond donors (Lipinski definition) is 1. The molecule has 4 rings (SSSR count). The van der Waals surface area contributed by atoms with Crippen LogP contribution in [0.4, 0.5) is 10.1 Å². The van der Waals surface area contributed by atoms with Crippen LogP contribution < -0.4 is 14.4 Å². The molecule has 46 heavy (non-hydrogen) atoms. The molecule has 0 fully saturated rings. The molecule has 0 aliphatic rings. The van der Waals surface area contributed by atoms with Crippen molar-refractivity contribution in [1.82, 2.24) is 10.2 Å². The van der Waals surface area contributed by atoms with Crippen molar-refractivity contribution < 1.29 is 27.1 Å². The number of rotatable bonds is 14. The van der Waals surface area contributed by atoms with E-state index in [1.165, 1.54) is 66.6 Å². The Morgan fingerprint density at radius 2 is 1.59 bits per heavy atom. The maximum atomic E-state index is 14.5. The van der Waals surface area contributed by atoms with E-state index in [0.717, 1.165) is 9.87 Å². The van der Waals surface area contributed by atoms with Crippen LogP contribution in [-0.2, 0) is 32.6 Å². The number of amides is 2. The Kier molecular flexibility index (Phi) is 11.8. The Morgan fingerprint density at radius 1 is 0.913 bits per heavy atom. The molecule has 0 spiro atoms. The van der Waals surface area contributed by atoms with Gasteiger partial charge in [0.05, 0.1) is 17.7 Å². The molecule has 0 heterocycles. The van der Waals surface area contributed by atoms with E-state index in [0.29, 0.717) is 17.7 Å². The van der Waals surface area contributed by atoms with E-state index < -0.39 is 34.3 Å². The highest BCUT2D eigenvalue weighted by molar-refractivity contribution is 7.92. The van der Waals surface area contributed by atoms with Gasteiger partial charge in [0.1, 0.15) is 24.2 Å². The number of anilines is 1. The first-order valence-corrected chi connectivity index (χ1v) is 16.6. The number of nitrogens with zero attached hydrogens (tertiary/aromatic N) is 2. The lowest BCUT2D eigenvalue weighted by atomic mass is 10.0. The molecule has 4 aromatic carbocycles. The lowest BCUT2D eigenvalue weighted by molar-refractivity contribution is -0.140. The van der Waals surface area contributed by atoms with Gasteiger partial charge in [-0.1, -0.05) is 67.1 Å². The largest absolute Gasteiger partial charge is 0.497 e. The van der Waals surface area contributed by atoms with Crippen LogP contribution in [0, 0.1) is 5.82 Å². The zero-order chi connectivity index (χ0) is 33.3. The highest BCUT2D eigenvalue weighted by Gasteiger charge is 2.35. The fraction of sp³-hybridized carbons (Fsp3) is 0.257. The number of ether oxygens (including phenoxy) is 1. The molecular weight excluding hydrogens is 629 g/mol. The molecule has 0 unspecified atom stereocenters. The highest BCUT2D eigenvalue weighted by atomic mass is 35.5. The van der Waals surface area contributed by atoms with Gasteiger partial charge in [0.15, 0.2) is 0 Å². The molecule has 0 saturated heterocycles. The molecule has 2 amide bonds. The number of benzene rings is 4. The monoisotopic (exact) mass is 665 g/mol. The first-order chi connectivity index (χ1) is 22.0. The molecule has 242 valence electrons. The number of hydrogen-bond acceptors (Lipinski definition) is 5. The van der Waals surface area contributed by atoms with Crippen LogP contribution in [0.2, 0.25) is 5.02 Å². The standard InChI is InChI=1S/C35H37ClFN3O5S/c1-4-25(2)38-35(42)33(21-26-9-6-5-7-10-26)39(23-27-13-15-29(37)16-14-27)34(41)24-40(30-12-8-11-28(36)22-30)46(43,44)32-19-17-31(45-3)18-20-32/h5-20,22,25,33H,4,21,23-24H2,1-3H3,(H,38,42)/t25-,33-/m1/s1. The van der Waals surface area contributed by atoms with Gasteiger partial charge in [-0.3, -0.25) is 13.9 Å². The van der Waals surface area contributed by atoms with E-state index in [4.69, 9.17) is 16.3 Å². The van der Waals surface area contributed by atoms with Gasteiger partial charge in [0, 0.05) is 24.0 Å². The molecule has 0 aliphatic heterocycles. The molecule has 8 nitrogen and oxygen atoms in total. The number of methoxy groups -OCH3 is 1. The van der Waals surface area contributed by atoms with Crippen molar-refractivity contribution in [3.63, 3.8) is 0 Å². The van der Waals surface area contributed by atoms with Crippen molar-refractivity contribution >= 4 is 39.1 Å². The van der Waals surface area contributed by atoms with E-state index >= 15 is 0 Å². The normalized spacial score (nSPS) is 12.5. The number of carbonyl (C=O) groups is 2. The van der Waals surface area contributed by atoms with Gasteiger partial charge in [0.2, 0.25) is 11.8 Å². The summed E-state index contributed by atoms with van der Waals surface area (Å²) in [6, 6.07) is 25.7. The van der Waals surface area contributed by atoms with Gasteiger partial charge in [-0.2, -0.15) is 0 Å².